The van der Waals surface area contributed by atoms with Crippen molar-refractivity contribution in [3.63, 3.8) is 0 Å². The average Bonchev–Trinajstić information content (AvgIpc) is 2.78. The number of hydrogen-bond acceptors (Lipinski definition) is 5. The van der Waals surface area contributed by atoms with Crippen LogP contribution in [0, 0.1) is 11.7 Å². The normalized spacial score (nSPS) is 22.2. The number of anilines is 1. The van der Waals surface area contributed by atoms with Crippen molar-refractivity contribution in [3.05, 3.63) is 59.4 Å². The molecule has 0 spiro atoms. The van der Waals surface area contributed by atoms with Crippen LogP contribution in [0.5, 0.6) is 5.75 Å². The largest absolute Gasteiger partial charge is 0.491 e. The first-order chi connectivity index (χ1) is 15.3. The fraction of sp³-hybridized carbons (Fsp3) is 0.417. The number of fused-ring (bicyclic) bond motifs is 1. The minimum absolute atomic E-state index is 0.0653. The van der Waals surface area contributed by atoms with Crippen molar-refractivity contribution >= 4 is 17.5 Å². The van der Waals surface area contributed by atoms with E-state index in [1.807, 2.05) is 6.92 Å². The van der Waals surface area contributed by atoms with Crippen LogP contribution in [0.4, 0.5) is 10.1 Å². The van der Waals surface area contributed by atoms with Gasteiger partial charge in [0.05, 0.1) is 17.2 Å². The second-order valence-corrected chi connectivity index (χ2v) is 8.20. The monoisotopic (exact) mass is 443 g/mol. The lowest BCUT2D eigenvalue weighted by Crippen LogP contribution is -2.44. The highest BCUT2D eigenvalue weighted by atomic mass is 19.1. The van der Waals surface area contributed by atoms with Gasteiger partial charge in [0, 0.05) is 39.0 Å². The standard InChI is InChI=1S/C24H30FN3O4/c1-15-12-26-16(2)14-32-21-10-9-17(27-23(29)18-7-5-6-8-20(18)25)11-19(21)24(30)28(3)13-22(15)31-4/h5-11,15-16,22,26H,12-14H2,1-4H3,(H,27,29)/t15-,16-,22-/m0/s1. The Morgan fingerprint density at radius 2 is 2.00 bits per heavy atom. The quantitative estimate of drug-likeness (QED) is 0.762. The number of benzene rings is 2. The lowest BCUT2D eigenvalue weighted by molar-refractivity contribution is 0.0281. The molecule has 1 aliphatic heterocycles. The highest BCUT2D eigenvalue weighted by Crippen LogP contribution is 2.26. The van der Waals surface area contributed by atoms with Gasteiger partial charge in [-0.3, -0.25) is 9.59 Å². The molecule has 3 rings (SSSR count). The van der Waals surface area contributed by atoms with Crippen LogP contribution in [-0.2, 0) is 4.74 Å². The molecule has 2 aromatic carbocycles. The Labute approximate surface area is 187 Å². The Morgan fingerprint density at radius 3 is 2.72 bits per heavy atom. The number of nitrogens with one attached hydrogen (secondary N) is 2. The summed E-state index contributed by atoms with van der Waals surface area (Å²) in [5.74, 6) is -0.858. The number of hydrogen-bond donors (Lipinski definition) is 2. The Hall–Kier alpha value is -2.97. The van der Waals surface area contributed by atoms with Crippen LogP contribution in [-0.4, -0.2) is 62.7 Å². The summed E-state index contributed by atoms with van der Waals surface area (Å²) in [7, 11) is 3.35. The zero-order valence-corrected chi connectivity index (χ0v) is 18.9. The third-order valence-corrected chi connectivity index (χ3v) is 5.60. The molecule has 32 heavy (non-hydrogen) atoms. The molecular formula is C24H30FN3O4. The van der Waals surface area contributed by atoms with E-state index in [0.29, 0.717) is 30.2 Å². The molecule has 2 aromatic rings. The summed E-state index contributed by atoms with van der Waals surface area (Å²) in [5.41, 5.74) is 0.614. The third-order valence-electron chi connectivity index (χ3n) is 5.60. The van der Waals surface area contributed by atoms with E-state index in [4.69, 9.17) is 9.47 Å². The van der Waals surface area contributed by atoms with Gasteiger partial charge in [-0.2, -0.15) is 0 Å². The van der Waals surface area contributed by atoms with Crippen LogP contribution < -0.4 is 15.4 Å². The number of nitrogens with zero attached hydrogens (tertiary/aromatic N) is 1. The lowest BCUT2D eigenvalue weighted by Gasteiger charge is -2.30. The molecule has 0 radical (unpaired) electrons. The first-order valence-corrected chi connectivity index (χ1v) is 10.6. The van der Waals surface area contributed by atoms with Gasteiger partial charge in [-0.05, 0) is 43.2 Å². The average molecular weight is 444 g/mol. The summed E-state index contributed by atoms with van der Waals surface area (Å²) >= 11 is 0. The summed E-state index contributed by atoms with van der Waals surface area (Å²) in [5, 5.41) is 6.10. The summed E-state index contributed by atoms with van der Waals surface area (Å²) in [6.07, 6.45) is -0.142. The van der Waals surface area contributed by atoms with E-state index in [9.17, 15) is 14.0 Å². The second kappa shape index (κ2) is 10.6. The molecule has 0 aromatic heterocycles. The predicted molar refractivity (Wildman–Crippen MR) is 121 cm³/mol. The van der Waals surface area contributed by atoms with Gasteiger partial charge in [-0.25, -0.2) is 4.39 Å². The molecule has 2 amide bonds. The van der Waals surface area contributed by atoms with E-state index in [0.717, 1.165) is 6.54 Å². The van der Waals surface area contributed by atoms with Gasteiger partial charge in [0.25, 0.3) is 11.8 Å². The van der Waals surface area contributed by atoms with E-state index in [-0.39, 0.29) is 29.5 Å². The highest BCUT2D eigenvalue weighted by Gasteiger charge is 2.26. The van der Waals surface area contributed by atoms with Crippen molar-refractivity contribution in [2.24, 2.45) is 5.92 Å². The minimum Gasteiger partial charge on any atom is -0.491 e. The molecule has 1 aliphatic rings. The summed E-state index contributed by atoms with van der Waals surface area (Å²) in [6, 6.07) is 10.6. The maximum absolute atomic E-state index is 14.0. The van der Waals surface area contributed by atoms with Gasteiger partial charge in [-0.1, -0.05) is 19.1 Å². The Morgan fingerprint density at radius 1 is 1.25 bits per heavy atom. The molecule has 0 bridgehead atoms. The Bertz CT molecular complexity index is 968. The van der Waals surface area contributed by atoms with Gasteiger partial charge in [0.2, 0.25) is 0 Å². The fourth-order valence-corrected chi connectivity index (χ4v) is 3.58. The second-order valence-electron chi connectivity index (χ2n) is 8.20. The van der Waals surface area contributed by atoms with E-state index in [2.05, 4.69) is 17.6 Å². The fourth-order valence-electron chi connectivity index (χ4n) is 3.58. The van der Waals surface area contributed by atoms with Crippen molar-refractivity contribution in [1.82, 2.24) is 10.2 Å². The zero-order valence-electron chi connectivity index (χ0n) is 18.9. The number of amides is 2. The molecule has 8 heteroatoms. The van der Waals surface area contributed by atoms with Crippen molar-refractivity contribution in [1.29, 1.82) is 0 Å². The van der Waals surface area contributed by atoms with Gasteiger partial charge in [0.15, 0.2) is 0 Å². The molecule has 3 atom stereocenters. The molecule has 0 unspecified atom stereocenters. The van der Waals surface area contributed by atoms with E-state index >= 15 is 0 Å². The lowest BCUT2D eigenvalue weighted by atomic mass is 10.0. The number of ether oxygens (including phenoxy) is 2. The molecule has 172 valence electrons. The van der Waals surface area contributed by atoms with E-state index < -0.39 is 11.7 Å². The first kappa shape index (κ1) is 23.7. The third kappa shape index (κ3) is 5.63. The topological polar surface area (TPSA) is 79.9 Å². The summed E-state index contributed by atoms with van der Waals surface area (Å²) in [4.78, 5) is 27.4. The minimum atomic E-state index is -0.614. The maximum Gasteiger partial charge on any atom is 0.258 e. The number of halogens is 1. The molecule has 0 saturated carbocycles. The van der Waals surface area contributed by atoms with Crippen molar-refractivity contribution < 1.29 is 23.5 Å². The molecule has 7 nitrogen and oxygen atoms in total. The number of rotatable bonds is 3. The maximum atomic E-state index is 14.0. The van der Waals surface area contributed by atoms with Crippen LogP contribution >= 0.6 is 0 Å². The van der Waals surface area contributed by atoms with Crippen LogP contribution in [0.15, 0.2) is 42.5 Å². The van der Waals surface area contributed by atoms with Crippen LogP contribution in [0.2, 0.25) is 0 Å². The SMILES string of the molecule is CO[C@H]1CN(C)C(=O)c2cc(NC(=O)c3ccccc3F)ccc2OC[C@H](C)NC[C@@H]1C. The van der Waals surface area contributed by atoms with Crippen molar-refractivity contribution in [2.75, 3.05) is 39.2 Å². The number of methoxy groups -OCH3 is 1. The van der Waals surface area contributed by atoms with E-state index in [1.165, 1.54) is 18.2 Å². The smallest absolute Gasteiger partial charge is 0.258 e. The van der Waals surface area contributed by atoms with Gasteiger partial charge in [-0.15, -0.1) is 0 Å². The molecule has 0 fully saturated rings. The zero-order chi connectivity index (χ0) is 23.3. The molecule has 0 saturated heterocycles. The van der Waals surface area contributed by atoms with Crippen molar-refractivity contribution in [2.45, 2.75) is 26.0 Å². The van der Waals surface area contributed by atoms with Crippen LogP contribution in [0.1, 0.15) is 34.6 Å². The van der Waals surface area contributed by atoms with Crippen LogP contribution in [0.25, 0.3) is 0 Å². The molecular weight excluding hydrogens is 413 g/mol. The van der Waals surface area contributed by atoms with Crippen molar-refractivity contribution in [3.8, 4) is 5.75 Å². The Balaban J connectivity index is 1.90. The molecule has 1 heterocycles. The summed E-state index contributed by atoms with van der Waals surface area (Å²) < 4.78 is 25.5. The summed E-state index contributed by atoms with van der Waals surface area (Å²) in [6.45, 7) is 5.59. The number of carbonyl (C=O) groups excluding carboxylic acids is 2. The molecule has 0 aliphatic carbocycles. The van der Waals surface area contributed by atoms with Gasteiger partial charge in [0.1, 0.15) is 18.2 Å². The van der Waals surface area contributed by atoms with Crippen LogP contribution in [0.3, 0.4) is 0 Å². The first-order valence-electron chi connectivity index (χ1n) is 10.6. The van der Waals surface area contributed by atoms with Gasteiger partial charge >= 0.3 is 0 Å². The van der Waals surface area contributed by atoms with Gasteiger partial charge < -0.3 is 25.0 Å². The predicted octanol–water partition coefficient (Wildman–Crippen LogP) is 3.17. The molecule has 2 N–H and O–H groups in total. The van der Waals surface area contributed by atoms with E-state index in [1.54, 1.807) is 43.3 Å². The Kier molecular flexibility index (Phi) is 7.82. The highest BCUT2D eigenvalue weighted by molar-refractivity contribution is 6.05. The number of likely N-dealkylation sites (N-methyl/N-ethyl adjacent to an activating group) is 1. The number of carbonyl (C=O) groups is 2.